The Bertz CT molecular complexity index is 794. The minimum absolute atomic E-state index is 0.0890. The molecule has 4 nitrogen and oxygen atoms in total. The first-order valence-corrected chi connectivity index (χ1v) is 7.58. The Hall–Kier alpha value is -2.24. The maximum Gasteiger partial charge on any atom is 0.241 e. The van der Waals surface area contributed by atoms with Crippen LogP contribution in [0.5, 0.6) is 11.5 Å². The smallest absolute Gasteiger partial charge is 0.241 e. The molecule has 0 unspecified atom stereocenters. The lowest BCUT2D eigenvalue weighted by Gasteiger charge is -2.14. The van der Waals surface area contributed by atoms with E-state index in [1.807, 2.05) is 0 Å². The van der Waals surface area contributed by atoms with Crippen molar-refractivity contribution in [2.45, 2.75) is 6.61 Å². The zero-order chi connectivity index (χ0) is 17.7. The summed E-state index contributed by atoms with van der Waals surface area (Å²) in [6, 6.07) is 7.28. The van der Waals surface area contributed by atoms with E-state index in [1.165, 1.54) is 37.5 Å². The van der Waals surface area contributed by atoms with Gasteiger partial charge in [-0.15, -0.1) is 0 Å². The molecule has 2 aromatic carbocycles. The molecule has 0 heterocycles. The Labute approximate surface area is 148 Å². The molecule has 0 spiro atoms. The molecule has 126 valence electrons. The molecule has 2 N–H and O–H groups in total. The van der Waals surface area contributed by atoms with Crippen LogP contribution in [-0.2, 0) is 11.4 Å². The zero-order valence-corrected chi connectivity index (χ0v) is 14.2. The maximum absolute atomic E-state index is 13.1. The van der Waals surface area contributed by atoms with Crippen LogP contribution in [0.25, 0.3) is 6.08 Å². The average molecular weight is 370 g/mol. The van der Waals surface area contributed by atoms with E-state index in [-0.39, 0.29) is 16.7 Å². The molecule has 2 rings (SSSR count). The fourth-order valence-corrected chi connectivity index (χ4v) is 2.44. The van der Waals surface area contributed by atoms with Crippen molar-refractivity contribution >= 4 is 35.2 Å². The van der Waals surface area contributed by atoms with Crippen LogP contribution in [0.1, 0.15) is 11.1 Å². The molecule has 0 saturated carbocycles. The average Bonchev–Trinajstić information content (AvgIpc) is 2.52. The number of ether oxygens (including phenoxy) is 2. The van der Waals surface area contributed by atoms with Gasteiger partial charge in [-0.05, 0) is 35.9 Å². The zero-order valence-electron chi connectivity index (χ0n) is 12.7. The van der Waals surface area contributed by atoms with Gasteiger partial charge in [-0.2, -0.15) is 0 Å². The standard InChI is InChI=1S/C17H14Cl2FNO3/c1-23-15-7-10(2-5-16(21)22)6-14(19)17(15)24-9-11-3-4-12(20)8-13(11)18/h2-8H,9H2,1H3,(H2,21,22)/b5-2+. The summed E-state index contributed by atoms with van der Waals surface area (Å²) >= 11 is 12.2. The highest BCUT2D eigenvalue weighted by Crippen LogP contribution is 2.37. The minimum Gasteiger partial charge on any atom is -0.493 e. The van der Waals surface area contributed by atoms with Gasteiger partial charge in [-0.3, -0.25) is 4.79 Å². The molecule has 0 aliphatic rings. The summed E-state index contributed by atoms with van der Waals surface area (Å²) in [6.45, 7) is 0.0890. The molecular weight excluding hydrogens is 356 g/mol. The third-order valence-electron chi connectivity index (χ3n) is 3.08. The summed E-state index contributed by atoms with van der Waals surface area (Å²) in [5.41, 5.74) is 6.29. The fraction of sp³-hybridized carbons (Fsp3) is 0.118. The van der Waals surface area contributed by atoms with Crippen molar-refractivity contribution in [2.75, 3.05) is 7.11 Å². The molecule has 24 heavy (non-hydrogen) atoms. The molecule has 2 aromatic rings. The first-order valence-electron chi connectivity index (χ1n) is 6.82. The predicted octanol–water partition coefficient (Wildman–Crippen LogP) is 4.22. The first-order chi connectivity index (χ1) is 11.4. The second-order valence-corrected chi connectivity index (χ2v) is 5.61. The van der Waals surface area contributed by atoms with Gasteiger partial charge < -0.3 is 15.2 Å². The second kappa shape index (κ2) is 8.04. The normalized spacial score (nSPS) is 10.8. The lowest BCUT2D eigenvalue weighted by Crippen LogP contribution is -2.05. The minimum atomic E-state index is -0.573. The molecule has 1 amide bonds. The number of methoxy groups -OCH3 is 1. The van der Waals surface area contributed by atoms with E-state index < -0.39 is 11.7 Å². The molecule has 0 fully saturated rings. The fourth-order valence-electron chi connectivity index (χ4n) is 1.94. The number of benzene rings is 2. The molecule has 0 atom stereocenters. The lowest BCUT2D eigenvalue weighted by atomic mass is 10.2. The molecule has 0 bridgehead atoms. The maximum atomic E-state index is 13.1. The van der Waals surface area contributed by atoms with Crippen LogP contribution in [-0.4, -0.2) is 13.0 Å². The Morgan fingerprint density at radius 1 is 1.25 bits per heavy atom. The molecule has 0 aromatic heterocycles. The quantitative estimate of drug-likeness (QED) is 0.775. The van der Waals surface area contributed by atoms with Crippen molar-refractivity contribution in [3.63, 3.8) is 0 Å². The number of amides is 1. The predicted molar refractivity (Wildman–Crippen MR) is 92.0 cm³/mol. The summed E-state index contributed by atoms with van der Waals surface area (Å²) in [6.07, 6.45) is 2.72. The van der Waals surface area contributed by atoms with Crippen LogP contribution < -0.4 is 15.2 Å². The van der Waals surface area contributed by atoms with Crippen LogP contribution in [0.4, 0.5) is 4.39 Å². The number of carbonyl (C=O) groups is 1. The lowest BCUT2D eigenvalue weighted by molar-refractivity contribution is -0.113. The number of primary amides is 1. The molecular formula is C17H14Cl2FNO3. The number of carbonyl (C=O) groups excluding carboxylic acids is 1. The highest BCUT2D eigenvalue weighted by Gasteiger charge is 2.13. The molecule has 0 aliphatic carbocycles. The van der Waals surface area contributed by atoms with Crippen molar-refractivity contribution in [2.24, 2.45) is 5.73 Å². The topological polar surface area (TPSA) is 61.5 Å². The van der Waals surface area contributed by atoms with Gasteiger partial charge in [-0.25, -0.2) is 4.39 Å². The van der Waals surface area contributed by atoms with Crippen molar-refractivity contribution in [3.8, 4) is 11.5 Å². The Kier molecular flexibility index (Phi) is 6.06. The highest BCUT2D eigenvalue weighted by atomic mass is 35.5. The molecule has 7 heteroatoms. The van der Waals surface area contributed by atoms with Crippen LogP contribution in [0.2, 0.25) is 10.0 Å². The van der Waals surface area contributed by atoms with Gasteiger partial charge in [0.25, 0.3) is 0 Å². The van der Waals surface area contributed by atoms with Crippen LogP contribution in [0, 0.1) is 5.82 Å². The van der Waals surface area contributed by atoms with Crippen molar-refractivity contribution in [3.05, 3.63) is 63.4 Å². The van der Waals surface area contributed by atoms with Crippen LogP contribution in [0.3, 0.4) is 0 Å². The van der Waals surface area contributed by atoms with E-state index >= 15 is 0 Å². The SMILES string of the molecule is COc1cc(/C=C/C(N)=O)cc(Cl)c1OCc1ccc(F)cc1Cl. The van der Waals surface area contributed by atoms with Crippen LogP contribution >= 0.6 is 23.2 Å². The van der Waals surface area contributed by atoms with Gasteiger partial charge in [0.15, 0.2) is 11.5 Å². The number of hydrogen-bond acceptors (Lipinski definition) is 3. The highest BCUT2D eigenvalue weighted by molar-refractivity contribution is 6.32. The largest absolute Gasteiger partial charge is 0.493 e. The summed E-state index contributed by atoms with van der Waals surface area (Å²) in [7, 11) is 1.46. The Balaban J connectivity index is 2.24. The molecule has 0 radical (unpaired) electrons. The van der Waals surface area contributed by atoms with E-state index in [0.717, 1.165) is 0 Å². The number of hydrogen-bond donors (Lipinski definition) is 1. The third-order valence-corrected chi connectivity index (χ3v) is 3.71. The van der Waals surface area contributed by atoms with E-state index in [0.29, 0.717) is 22.6 Å². The summed E-state index contributed by atoms with van der Waals surface area (Å²) in [5, 5.41) is 0.544. The second-order valence-electron chi connectivity index (χ2n) is 4.79. The summed E-state index contributed by atoms with van der Waals surface area (Å²) in [5.74, 6) is -0.304. The Morgan fingerprint density at radius 3 is 2.62 bits per heavy atom. The van der Waals surface area contributed by atoms with Crippen molar-refractivity contribution in [1.82, 2.24) is 0 Å². The molecule has 0 aliphatic heterocycles. The number of halogens is 3. The third kappa shape index (κ3) is 4.63. The number of nitrogens with two attached hydrogens (primary N) is 1. The van der Waals surface area contributed by atoms with Gasteiger partial charge in [0.2, 0.25) is 5.91 Å². The molecule has 0 saturated heterocycles. The van der Waals surface area contributed by atoms with Gasteiger partial charge in [-0.1, -0.05) is 29.3 Å². The van der Waals surface area contributed by atoms with Gasteiger partial charge in [0.05, 0.1) is 17.2 Å². The van der Waals surface area contributed by atoms with Gasteiger partial charge in [0, 0.05) is 11.6 Å². The Morgan fingerprint density at radius 2 is 2.00 bits per heavy atom. The summed E-state index contributed by atoms with van der Waals surface area (Å²) < 4.78 is 24.0. The summed E-state index contributed by atoms with van der Waals surface area (Å²) in [4.78, 5) is 10.8. The van der Waals surface area contributed by atoms with E-state index in [9.17, 15) is 9.18 Å². The van der Waals surface area contributed by atoms with Gasteiger partial charge in [0.1, 0.15) is 12.4 Å². The van der Waals surface area contributed by atoms with Crippen molar-refractivity contribution < 1.29 is 18.7 Å². The van der Waals surface area contributed by atoms with Crippen LogP contribution in [0.15, 0.2) is 36.4 Å². The van der Waals surface area contributed by atoms with E-state index in [4.69, 9.17) is 38.4 Å². The van der Waals surface area contributed by atoms with E-state index in [1.54, 1.807) is 12.1 Å². The monoisotopic (exact) mass is 369 g/mol. The van der Waals surface area contributed by atoms with Crippen molar-refractivity contribution in [1.29, 1.82) is 0 Å². The number of rotatable bonds is 6. The first kappa shape index (κ1) is 18.1. The van der Waals surface area contributed by atoms with E-state index in [2.05, 4.69) is 0 Å². The van der Waals surface area contributed by atoms with Gasteiger partial charge >= 0.3 is 0 Å².